The number of halogens is 3. The zero-order valence-electron chi connectivity index (χ0n) is 11.9. The summed E-state index contributed by atoms with van der Waals surface area (Å²) >= 11 is 11.9. The Kier molecular flexibility index (Phi) is 5.18. The van der Waals surface area contributed by atoms with Gasteiger partial charge in [-0.1, -0.05) is 23.2 Å². The molecule has 0 saturated heterocycles. The second-order valence-electron chi connectivity index (χ2n) is 4.82. The van der Waals surface area contributed by atoms with Crippen LogP contribution in [0.15, 0.2) is 36.4 Å². The van der Waals surface area contributed by atoms with Gasteiger partial charge < -0.3 is 4.90 Å². The number of carbonyl (C=O) groups excluding carboxylic acids is 1. The number of hydrogen-bond acceptors (Lipinski definition) is 3. The van der Waals surface area contributed by atoms with Crippen LogP contribution in [0.2, 0.25) is 10.0 Å². The van der Waals surface area contributed by atoms with Crippen molar-refractivity contribution in [3.8, 4) is 0 Å². The fourth-order valence-corrected chi connectivity index (χ4v) is 2.42. The second-order valence-corrected chi connectivity index (χ2v) is 5.63. The summed E-state index contributed by atoms with van der Waals surface area (Å²) < 4.78 is 13.0. The lowest BCUT2D eigenvalue weighted by Crippen LogP contribution is -2.26. The molecule has 120 valence electrons. The van der Waals surface area contributed by atoms with Crippen LogP contribution in [0.4, 0.5) is 10.1 Å². The van der Waals surface area contributed by atoms with Crippen molar-refractivity contribution in [1.82, 2.24) is 4.90 Å². The van der Waals surface area contributed by atoms with Crippen LogP contribution in [0.5, 0.6) is 0 Å². The van der Waals surface area contributed by atoms with Crippen molar-refractivity contribution in [3.63, 3.8) is 0 Å². The zero-order valence-corrected chi connectivity index (χ0v) is 13.4. The minimum absolute atomic E-state index is 0.00742. The van der Waals surface area contributed by atoms with Crippen molar-refractivity contribution < 1.29 is 14.1 Å². The quantitative estimate of drug-likeness (QED) is 0.605. The van der Waals surface area contributed by atoms with E-state index in [2.05, 4.69) is 0 Å². The van der Waals surface area contributed by atoms with Gasteiger partial charge in [0, 0.05) is 30.7 Å². The maximum absolute atomic E-state index is 13.0. The topological polar surface area (TPSA) is 63.4 Å². The second kappa shape index (κ2) is 6.93. The minimum Gasteiger partial charge on any atom is -0.337 e. The molecular weight excluding hydrogens is 346 g/mol. The molecule has 0 heterocycles. The minimum atomic E-state index is -0.545. The molecule has 5 nitrogen and oxygen atoms in total. The summed E-state index contributed by atoms with van der Waals surface area (Å²) in [5.41, 5.74) is 0.442. The maximum atomic E-state index is 13.0. The van der Waals surface area contributed by atoms with E-state index in [1.807, 2.05) is 0 Å². The number of non-ortho nitro benzene ring substituents is 1. The van der Waals surface area contributed by atoms with E-state index in [0.29, 0.717) is 10.6 Å². The molecule has 0 fully saturated rings. The van der Waals surface area contributed by atoms with Crippen LogP contribution >= 0.6 is 23.2 Å². The molecule has 2 aromatic carbocycles. The van der Waals surface area contributed by atoms with Crippen molar-refractivity contribution in [3.05, 3.63) is 73.5 Å². The number of benzene rings is 2. The van der Waals surface area contributed by atoms with Gasteiger partial charge in [-0.25, -0.2) is 4.39 Å². The van der Waals surface area contributed by atoms with Crippen molar-refractivity contribution >= 4 is 34.8 Å². The molecule has 0 aliphatic heterocycles. The highest BCUT2D eigenvalue weighted by molar-refractivity contribution is 6.33. The van der Waals surface area contributed by atoms with E-state index in [-0.39, 0.29) is 22.8 Å². The molecule has 2 rings (SSSR count). The maximum Gasteiger partial charge on any atom is 0.269 e. The normalized spacial score (nSPS) is 10.4. The molecule has 0 aromatic heterocycles. The molecule has 0 N–H and O–H groups in total. The monoisotopic (exact) mass is 356 g/mol. The number of hydrogen-bond donors (Lipinski definition) is 0. The molecule has 0 aliphatic carbocycles. The summed E-state index contributed by atoms with van der Waals surface area (Å²) in [5, 5.41) is 11.1. The van der Waals surface area contributed by atoms with Gasteiger partial charge in [0.25, 0.3) is 11.6 Å². The zero-order chi connectivity index (χ0) is 17.1. The van der Waals surface area contributed by atoms with Crippen LogP contribution in [0.1, 0.15) is 15.9 Å². The van der Waals surface area contributed by atoms with Gasteiger partial charge in [0.15, 0.2) is 0 Å². The predicted molar refractivity (Wildman–Crippen MR) is 85.3 cm³/mol. The van der Waals surface area contributed by atoms with Gasteiger partial charge in [0.05, 0.1) is 15.5 Å². The van der Waals surface area contributed by atoms with Gasteiger partial charge in [0.1, 0.15) is 5.82 Å². The van der Waals surface area contributed by atoms with Gasteiger partial charge >= 0.3 is 0 Å². The summed E-state index contributed by atoms with van der Waals surface area (Å²) in [5.74, 6) is -0.992. The summed E-state index contributed by atoms with van der Waals surface area (Å²) in [4.78, 5) is 23.9. The van der Waals surface area contributed by atoms with Gasteiger partial charge in [0.2, 0.25) is 0 Å². The lowest BCUT2D eigenvalue weighted by molar-refractivity contribution is -0.384. The van der Waals surface area contributed by atoms with Crippen molar-refractivity contribution in [2.75, 3.05) is 7.05 Å². The standard InChI is InChI=1S/C15H11Cl2FN2O3/c1-19(15(21)12-4-2-10(18)7-14(12)17)8-9-6-11(20(22)23)3-5-13(9)16/h2-7H,8H2,1H3. The average Bonchev–Trinajstić information content (AvgIpc) is 2.48. The number of nitro benzene ring substituents is 1. The molecule has 0 bridgehead atoms. The number of amides is 1. The largest absolute Gasteiger partial charge is 0.337 e. The SMILES string of the molecule is CN(Cc1cc([N+](=O)[O-])ccc1Cl)C(=O)c1ccc(F)cc1Cl. The molecular formula is C15H11Cl2FN2O3. The first-order chi connectivity index (χ1) is 10.8. The Morgan fingerprint density at radius 2 is 1.91 bits per heavy atom. The Balaban J connectivity index is 2.24. The Morgan fingerprint density at radius 1 is 1.22 bits per heavy atom. The van der Waals surface area contributed by atoms with E-state index in [9.17, 15) is 19.3 Å². The molecule has 0 unspecified atom stereocenters. The summed E-state index contributed by atoms with van der Waals surface area (Å²) in [6.07, 6.45) is 0. The van der Waals surface area contributed by atoms with Crippen molar-refractivity contribution in [2.45, 2.75) is 6.54 Å². The first kappa shape index (κ1) is 17.2. The number of nitro groups is 1. The van der Waals surface area contributed by atoms with Gasteiger partial charge in [-0.15, -0.1) is 0 Å². The Labute approximate surface area is 141 Å². The van der Waals surface area contributed by atoms with Crippen LogP contribution in [-0.4, -0.2) is 22.8 Å². The Hall–Kier alpha value is -2.18. The van der Waals surface area contributed by atoms with E-state index >= 15 is 0 Å². The van der Waals surface area contributed by atoms with E-state index in [1.54, 1.807) is 0 Å². The van der Waals surface area contributed by atoms with Crippen LogP contribution in [0.25, 0.3) is 0 Å². The van der Waals surface area contributed by atoms with Crippen LogP contribution in [0, 0.1) is 15.9 Å². The molecule has 0 spiro atoms. The predicted octanol–water partition coefficient (Wildman–Crippen LogP) is 4.31. The molecule has 2 aromatic rings. The van der Waals surface area contributed by atoms with Crippen molar-refractivity contribution in [2.24, 2.45) is 0 Å². The first-order valence-electron chi connectivity index (χ1n) is 6.43. The van der Waals surface area contributed by atoms with E-state index in [1.165, 1.54) is 36.2 Å². The Morgan fingerprint density at radius 3 is 2.52 bits per heavy atom. The third-order valence-electron chi connectivity index (χ3n) is 3.16. The number of carbonyl (C=O) groups is 1. The molecule has 8 heteroatoms. The molecule has 0 atom stereocenters. The number of nitrogens with zero attached hydrogens (tertiary/aromatic N) is 2. The summed E-state index contributed by atoms with van der Waals surface area (Å²) in [6.45, 7) is 0.0487. The lowest BCUT2D eigenvalue weighted by atomic mass is 10.1. The average molecular weight is 357 g/mol. The molecule has 0 radical (unpaired) electrons. The van der Waals surface area contributed by atoms with Crippen LogP contribution in [-0.2, 0) is 6.54 Å². The highest BCUT2D eigenvalue weighted by Gasteiger charge is 2.18. The summed E-state index contributed by atoms with van der Waals surface area (Å²) in [6, 6.07) is 7.45. The third kappa shape index (κ3) is 3.97. The van der Waals surface area contributed by atoms with E-state index in [0.717, 1.165) is 12.1 Å². The fourth-order valence-electron chi connectivity index (χ4n) is 1.99. The highest BCUT2D eigenvalue weighted by atomic mass is 35.5. The van der Waals surface area contributed by atoms with E-state index in [4.69, 9.17) is 23.2 Å². The highest BCUT2D eigenvalue weighted by Crippen LogP contribution is 2.24. The molecule has 0 aliphatic rings. The molecule has 0 saturated carbocycles. The smallest absolute Gasteiger partial charge is 0.269 e. The van der Waals surface area contributed by atoms with Gasteiger partial charge in [-0.2, -0.15) is 0 Å². The molecule has 23 heavy (non-hydrogen) atoms. The van der Waals surface area contributed by atoms with Gasteiger partial charge in [-0.05, 0) is 29.8 Å². The van der Waals surface area contributed by atoms with E-state index < -0.39 is 16.6 Å². The van der Waals surface area contributed by atoms with Crippen LogP contribution in [0.3, 0.4) is 0 Å². The van der Waals surface area contributed by atoms with Gasteiger partial charge in [-0.3, -0.25) is 14.9 Å². The van der Waals surface area contributed by atoms with Crippen molar-refractivity contribution in [1.29, 1.82) is 0 Å². The lowest BCUT2D eigenvalue weighted by Gasteiger charge is -2.18. The first-order valence-corrected chi connectivity index (χ1v) is 7.18. The Bertz CT molecular complexity index is 783. The van der Waals surface area contributed by atoms with Crippen LogP contribution < -0.4 is 0 Å². The number of rotatable bonds is 4. The third-order valence-corrected chi connectivity index (χ3v) is 3.84. The fraction of sp³-hybridized carbons (Fsp3) is 0.133. The summed E-state index contributed by atoms with van der Waals surface area (Å²) in [7, 11) is 1.50. The molecule has 1 amide bonds.